The molecule has 0 radical (unpaired) electrons. The number of ether oxygens (including phenoxy) is 3. The number of quaternary nitrogens is 1. The molecule has 0 aliphatic carbocycles. The number of unbranched alkanes of at least 4 members (excludes halogenated alkanes) is 1. The molecule has 0 aliphatic rings. The van der Waals surface area contributed by atoms with Crippen LogP contribution in [0.2, 0.25) is 0 Å². The van der Waals surface area contributed by atoms with Crippen LogP contribution in [0.1, 0.15) is 45.1 Å². The van der Waals surface area contributed by atoms with Crippen molar-refractivity contribution < 1.29 is 24.6 Å². The lowest BCUT2D eigenvalue weighted by atomic mass is 9.99. The molecule has 0 amide bonds. The van der Waals surface area contributed by atoms with E-state index < -0.39 is 6.10 Å². The highest BCUT2D eigenvalue weighted by atomic mass is 16.5. The maximum atomic E-state index is 10.1. The van der Waals surface area contributed by atoms with Crippen LogP contribution in [0.3, 0.4) is 0 Å². The number of hydrogen-bond donors (Lipinski definition) is 2. The zero-order valence-electron chi connectivity index (χ0n) is 16.3. The third kappa shape index (κ3) is 8.56. The van der Waals surface area contributed by atoms with Crippen molar-refractivity contribution in [1.82, 2.24) is 0 Å². The van der Waals surface area contributed by atoms with Crippen molar-refractivity contribution in [2.75, 3.05) is 33.9 Å². The van der Waals surface area contributed by atoms with Gasteiger partial charge in [0.2, 0.25) is 0 Å². The van der Waals surface area contributed by atoms with Crippen LogP contribution in [-0.2, 0) is 11.3 Å². The first kappa shape index (κ1) is 21.7. The molecule has 1 rings (SSSR count). The minimum atomic E-state index is -0.441. The van der Waals surface area contributed by atoms with E-state index in [1.54, 1.807) is 14.2 Å². The lowest BCUT2D eigenvalue weighted by Crippen LogP contribution is -2.87. The number of rotatable bonds is 14. The fourth-order valence-corrected chi connectivity index (χ4v) is 2.86. The molecule has 0 aromatic heterocycles. The molecular weight excluding hydrogens is 318 g/mol. The second kappa shape index (κ2) is 13.0. The van der Waals surface area contributed by atoms with Crippen molar-refractivity contribution in [3.8, 4) is 11.5 Å². The van der Waals surface area contributed by atoms with Crippen molar-refractivity contribution in [3.05, 3.63) is 23.8 Å². The molecule has 25 heavy (non-hydrogen) atoms. The average molecular weight is 355 g/mol. The lowest BCUT2D eigenvalue weighted by Gasteiger charge is -2.15. The van der Waals surface area contributed by atoms with Crippen LogP contribution in [0.4, 0.5) is 0 Å². The zero-order chi connectivity index (χ0) is 18.5. The number of methoxy groups -OCH3 is 2. The molecule has 144 valence electrons. The number of aliphatic hydroxyl groups is 1. The fourth-order valence-electron chi connectivity index (χ4n) is 2.86. The maximum absolute atomic E-state index is 10.1. The summed E-state index contributed by atoms with van der Waals surface area (Å²) in [6.45, 7) is 7.05. The summed E-state index contributed by atoms with van der Waals surface area (Å²) in [6.07, 6.45) is 4.60. The Morgan fingerprint density at radius 1 is 1.08 bits per heavy atom. The molecule has 0 heterocycles. The van der Waals surface area contributed by atoms with E-state index in [0.29, 0.717) is 31.3 Å². The number of nitrogens with two attached hydrogens (primary N) is 1. The fraction of sp³-hybridized carbons (Fsp3) is 0.700. The molecule has 0 aliphatic heterocycles. The van der Waals surface area contributed by atoms with Gasteiger partial charge in [-0.2, -0.15) is 0 Å². The number of hydrogen-bond acceptors (Lipinski definition) is 4. The van der Waals surface area contributed by atoms with E-state index in [-0.39, 0.29) is 0 Å². The van der Waals surface area contributed by atoms with Crippen LogP contribution < -0.4 is 14.8 Å². The summed E-state index contributed by atoms with van der Waals surface area (Å²) in [6, 6.07) is 5.71. The predicted molar refractivity (Wildman–Crippen MR) is 100 cm³/mol. The Bertz CT molecular complexity index is 467. The predicted octanol–water partition coefficient (Wildman–Crippen LogP) is 2.36. The van der Waals surface area contributed by atoms with E-state index in [0.717, 1.165) is 18.0 Å². The Hall–Kier alpha value is -1.30. The molecule has 3 N–H and O–H groups in total. The third-order valence-corrected chi connectivity index (χ3v) is 4.51. The van der Waals surface area contributed by atoms with E-state index in [4.69, 9.17) is 14.2 Å². The highest BCUT2D eigenvalue weighted by Gasteiger charge is 2.11. The first-order valence-electron chi connectivity index (χ1n) is 9.42. The van der Waals surface area contributed by atoms with Gasteiger partial charge in [0.05, 0.1) is 34.0 Å². The Labute approximate surface area is 152 Å². The van der Waals surface area contributed by atoms with E-state index >= 15 is 0 Å². The van der Waals surface area contributed by atoms with Crippen molar-refractivity contribution >= 4 is 0 Å². The van der Waals surface area contributed by atoms with Crippen LogP contribution in [0, 0.1) is 5.92 Å². The Kier molecular flexibility index (Phi) is 11.3. The van der Waals surface area contributed by atoms with Gasteiger partial charge in [-0.1, -0.05) is 32.8 Å². The average Bonchev–Trinajstić information content (AvgIpc) is 2.64. The Balaban J connectivity index is 2.25. The monoisotopic (exact) mass is 354 g/mol. The van der Waals surface area contributed by atoms with Crippen LogP contribution in [0.25, 0.3) is 0 Å². The smallest absolute Gasteiger partial charge is 0.161 e. The van der Waals surface area contributed by atoms with Gasteiger partial charge in [-0.15, -0.1) is 0 Å². The molecule has 0 fully saturated rings. The summed E-state index contributed by atoms with van der Waals surface area (Å²) in [4.78, 5) is 0. The van der Waals surface area contributed by atoms with Crippen LogP contribution >= 0.6 is 0 Å². The van der Waals surface area contributed by atoms with Gasteiger partial charge in [-0.25, -0.2) is 0 Å². The summed E-state index contributed by atoms with van der Waals surface area (Å²) in [5, 5.41) is 12.3. The van der Waals surface area contributed by atoms with Crippen LogP contribution in [0.5, 0.6) is 11.5 Å². The van der Waals surface area contributed by atoms with Gasteiger partial charge in [-0.05, 0) is 30.5 Å². The summed E-state index contributed by atoms with van der Waals surface area (Å²) < 4.78 is 16.1. The minimum Gasteiger partial charge on any atom is -0.493 e. The summed E-state index contributed by atoms with van der Waals surface area (Å²) in [5.74, 6) is 2.14. The molecule has 5 nitrogen and oxygen atoms in total. The molecule has 2 atom stereocenters. The van der Waals surface area contributed by atoms with Gasteiger partial charge in [-0.3, -0.25) is 0 Å². The number of benzene rings is 1. The molecule has 5 heteroatoms. The van der Waals surface area contributed by atoms with Gasteiger partial charge in [0.15, 0.2) is 11.5 Å². The highest BCUT2D eigenvalue weighted by Crippen LogP contribution is 2.27. The van der Waals surface area contributed by atoms with Crippen LogP contribution in [-0.4, -0.2) is 45.1 Å². The van der Waals surface area contributed by atoms with Crippen molar-refractivity contribution in [1.29, 1.82) is 0 Å². The summed E-state index contributed by atoms with van der Waals surface area (Å²) in [5.41, 5.74) is 0.999. The molecule has 0 spiro atoms. The first-order valence-corrected chi connectivity index (χ1v) is 9.42. The lowest BCUT2D eigenvalue weighted by molar-refractivity contribution is -0.667. The van der Waals surface area contributed by atoms with Crippen LogP contribution in [0.15, 0.2) is 18.2 Å². The summed E-state index contributed by atoms with van der Waals surface area (Å²) >= 11 is 0. The summed E-state index contributed by atoms with van der Waals surface area (Å²) in [7, 11) is 3.23. The standard InChI is InChI=1S/C20H35NO4/c1-5-7-8-16(6-2)12-21-13-18(22)15-25-14-17-9-10-19(23-3)20(11-17)24-4/h9-11,16,18,21-22H,5-8,12-15H2,1-4H3/p+1/t16-,18+/m0/s1. The zero-order valence-corrected chi connectivity index (χ0v) is 16.3. The third-order valence-electron chi connectivity index (χ3n) is 4.51. The van der Waals surface area contributed by atoms with E-state index in [1.807, 2.05) is 18.2 Å². The molecule has 0 bridgehead atoms. The van der Waals surface area contributed by atoms with Gasteiger partial charge >= 0.3 is 0 Å². The SMILES string of the molecule is CCCC[C@H](CC)C[NH2+]C[C@@H](O)COCc1ccc(OC)c(OC)c1. The quantitative estimate of drug-likeness (QED) is 0.538. The Morgan fingerprint density at radius 3 is 2.48 bits per heavy atom. The van der Waals surface area contributed by atoms with Crippen molar-refractivity contribution in [2.24, 2.45) is 5.92 Å². The topological polar surface area (TPSA) is 64.5 Å². The second-order valence-corrected chi connectivity index (χ2v) is 6.53. The van der Waals surface area contributed by atoms with Gasteiger partial charge in [0.25, 0.3) is 0 Å². The molecule has 0 saturated heterocycles. The Morgan fingerprint density at radius 2 is 1.84 bits per heavy atom. The largest absolute Gasteiger partial charge is 0.493 e. The number of aliphatic hydroxyl groups excluding tert-OH is 1. The van der Waals surface area contributed by atoms with E-state index in [2.05, 4.69) is 19.2 Å². The molecule has 1 aromatic rings. The van der Waals surface area contributed by atoms with Crippen molar-refractivity contribution in [3.63, 3.8) is 0 Å². The maximum Gasteiger partial charge on any atom is 0.161 e. The molecule has 0 saturated carbocycles. The molecule has 0 unspecified atom stereocenters. The highest BCUT2D eigenvalue weighted by molar-refractivity contribution is 5.42. The van der Waals surface area contributed by atoms with Gasteiger partial charge in [0, 0.05) is 5.92 Å². The minimum absolute atomic E-state index is 0.344. The first-order chi connectivity index (χ1) is 12.1. The van der Waals surface area contributed by atoms with Gasteiger partial charge < -0.3 is 24.6 Å². The molecular formula is C20H36NO4+. The van der Waals surface area contributed by atoms with E-state index in [9.17, 15) is 5.11 Å². The van der Waals surface area contributed by atoms with E-state index in [1.165, 1.54) is 25.7 Å². The van der Waals surface area contributed by atoms with Gasteiger partial charge in [0.1, 0.15) is 12.6 Å². The molecule has 1 aromatic carbocycles. The second-order valence-electron chi connectivity index (χ2n) is 6.53. The van der Waals surface area contributed by atoms with Crippen molar-refractivity contribution in [2.45, 2.75) is 52.2 Å². The normalized spacial score (nSPS) is 13.5.